The van der Waals surface area contributed by atoms with Crippen LogP contribution >= 0.6 is 0 Å². The Hall–Kier alpha value is -1.91. The van der Waals surface area contributed by atoms with Gasteiger partial charge in [-0.05, 0) is 33.3 Å². The number of rotatable bonds is 2. The molecule has 0 bridgehead atoms. The van der Waals surface area contributed by atoms with Crippen molar-refractivity contribution in [1.82, 2.24) is 19.7 Å². The van der Waals surface area contributed by atoms with Crippen LogP contribution in [0, 0.1) is 20.8 Å². The quantitative estimate of drug-likeness (QED) is 0.852. The molecule has 2 aromatic rings. The molecule has 0 aliphatic rings. The van der Waals surface area contributed by atoms with E-state index >= 15 is 0 Å². The van der Waals surface area contributed by atoms with Gasteiger partial charge >= 0.3 is 0 Å². The van der Waals surface area contributed by atoms with E-state index in [1.807, 2.05) is 26.8 Å². The van der Waals surface area contributed by atoms with Crippen LogP contribution in [0.3, 0.4) is 0 Å². The van der Waals surface area contributed by atoms with Crippen LogP contribution < -0.4 is 5.56 Å². The molecule has 17 heavy (non-hydrogen) atoms. The Bertz CT molecular complexity index is 609. The molecule has 5 heteroatoms. The van der Waals surface area contributed by atoms with Crippen LogP contribution in [0.1, 0.15) is 29.6 Å². The Kier molecular flexibility index (Phi) is 2.83. The molecule has 0 atom stereocenters. The zero-order valence-electron chi connectivity index (χ0n) is 10.5. The molecule has 90 valence electrons. The summed E-state index contributed by atoms with van der Waals surface area (Å²) in [7, 11) is 0. The van der Waals surface area contributed by atoms with Crippen molar-refractivity contribution in [2.45, 2.75) is 34.1 Å². The van der Waals surface area contributed by atoms with E-state index in [0.29, 0.717) is 11.5 Å². The van der Waals surface area contributed by atoms with Crippen molar-refractivity contribution in [3.8, 4) is 5.95 Å². The van der Waals surface area contributed by atoms with Gasteiger partial charge in [-0.25, -0.2) is 9.67 Å². The molecule has 0 aliphatic heterocycles. The Balaban J connectivity index is 2.65. The molecule has 0 spiro atoms. The van der Waals surface area contributed by atoms with Gasteiger partial charge in [-0.15, -0.1) is 0 Å². The van der Waals surface area contributed by atoms with Gasteiger partial charge in [0.15, 0.2) is 0 Å². The van der Waals surface area contributed by atoms with E-state index in [-0.39, 0.29) is 5.56 Å². The fraction of sp³-hybridized carbons (Fsp3) is 0.417. The first-order valence-corrected chi connectivity index (χ1v) is 5.66. The number of aromatic amines is 1. The summed E-state index contributed by atoms with van der Waals surface area (Å²) in [6, 6.07) is 1.95. The van der Waals surface area contributed by atoms with Crippen molar-refractivity contribution in [1.29, 1.82) is 0 Å². The second kappa shape index (κ2) is 4.16. The van der Waals surface area contributed by atoms with Crippen LogP contribution in [0.5, 0.6) is 0 Å². The van der Waals surface area contributed by atoms with Gasteiger partial charge in [0.25, 0.3) is 5.56 Å². The van der Waals surface area contributed by atoms with E-state index in [4.69, 9.17) is 0 Å². The summed E-state index contributed by atoms with van der Waals surface area (Å²) in [4.78, 5) is 19.0. The van der Waals surface area contributed by atoms with Crippen molar-refractivity contribution in [2.75, 3.05) is 0 Å². The van der Waals surface area contributed by atoms with Crippen LogP contribution in [0.4, 0.5) is 0 Å². The predicted molar refractivity (Wildman–Crippen MR) is 65.6 cm³/mol. The maximum absolute atomic E-state index is 11.8. The third-order valence-corrected chi connectivity index (χ3v) is 2.78. The molecule has 0 saturated heterocycles. The lowest BCUT2D eigenvalue weighted by atomic mass is 10.2. The normalized spacial score (nSPS) is 10.8. The highest BCUT2D eigenvalue weighted by atomic mass is 16.1. The molecular formula is C12H16N4O. The number of hydrogen-bond acceptors (Lipinski definition) is 3. The summed E-state index contributed by atoms with van der Waals surface area (Å²) >= 11 is 0. The second-order valence-corrected chi connectivity index (χ2v) is 4.15. The van der Waals surface area contributed by atoms with E-state index in [9.17, 15) is 4.79 Å². The maximum Gasteiger partial charge on any atom is 0.255 e. The van der Waals surface area contributed by atoms with E-state index in [0.717, 1.165) is 23.5 Å². The first kappa shape index (κ1) is 11.6. The lowest BCUT2D eigenvalue weighted by Gasteiger charge is -2.06. The minimum atomic E-state index is -0.0978. The lowest BCUT2D eigenvalue weighted by Crippen LogP contribution is -2.19. The minimum absolute atomic E-state index is 0.0978. The Morgan fingerprint density at radius 2 is 2.06 bits per heavy atom. The van der Waals surface area contributed by atoms with E-state index in [2.05, 4.69) is 15.1 Å². The van der Waals surface area contributed by atoms with Crippen LogP contribution in [0.25, 0.3) is 5.95 Å². The van der Waals surface area contributed by atoms with Crippen LogP contribution in [0.15, 0.2) is 10.9 Å². The van der Waals surface area contributed by atoms with Gasteiger partial charge in [-0.1, -0.05) is 6.92 Å². The fourth-order valence-corrected chi connectivity index (χ4v) is 1.85. The lowest BCUT2D eigenvalue weighted by molar-refractivity contribution is 0.752. The molecule has 0 aliphatic carbocycles. The minimum Gasteiger partial charge on any atom is -0.291 e. The number of H-pyrrole nitrogens is 1. The van der Waals surface area contributed by atoms with Crippen LogP contribution in [0.2, 0.25) is 0 Å². The number of hydrogen-bond donors (Lipinski definition) is 1. The summed E-state index contributed by atoms with van der Waals surface area (Å²) < 4.78 is 1.66. The predicted octanol–water partition coefficient (Wildman–Crippen LogP) is 1.44. The van der Waals surface area contributed by atoms with Gasteiger partial charge in [-0.3, -0.25) is 9.78 Å². The smallest absolute Gasteiger partial charge is 0.255 e. The maximum atomic E-state index is 11.8. The zero-order valence-corrected chi connectivity index (χ0v) is 10.5. The van der Waals surface area contributed by atoms with Crippen molar-refractivity contribution in [2.24, 2.45) is 0 Å². The SMILES string of the molecule is CCc1nc(-n2nc(C)cc2C)[nH]c(=O)c1C. The average Bonchev–Trinajstić information content (AvgIpc) is 2.61. The van der Waals surface area contributed by atoms with Crippen LogP contribution in [-0.4, -0.2) is 19.7 Å². The molecule has 0 radical (unpaired) electrons. The van der Waals surface area contributed by atoms with Crippen LogP contribution in [-0.2, 0) is 6.42 Å². The fourth-order valence-electron chi connectivity index (χ4n) is 1.85. The first-order valence-electron chi connectivity index (χ1n) is 5.66. The third kappa shape index (κ3) is 2.00. The number of aromatic nitrogens is 4. The molecule has 2 heterocycles. The molecule has 0 aromatic carbocycles. The van der Waals surface area contributed by atoms with Gasteiger partial charge < -0.3 is 0 Å². The van der Waals surface area contributed by atoms with Crippen molar-refractivity contribution in [3.63, 3.8) is 0 Å². The first-order chi connectivity index (χ1) is 8.02. The molecule has 0 saturated carbocycles. The summed E-state index contributed by atoms with van der Waals surface area (Å²) in [5.41, 5.74) is 3.26. The second-order valence-electron chi connectivity index (χ2n) is 4.15. The monoisotopic (exact) mass is 232 g/mol. The standard InChI is InChI=1S/C12H16N4O/c1-5-10-9(4)11(17)14-12(13-10)16-8(3)6-7(2)15-16/h6H,5H2,1-4H3,(H,13,14,17). The molecule has 0 fully saturated rings. The van der Waals surface area contributed by atoms with Gasteiger partial charge in [0.2, 0.25) is 5.95 Å². The highest BCUT2D eigenvalue weighted by Crippen LogP contribution is 2.08. The third-order valence-electron chi connectivity index (χ3n) is 2.78. The highest BCUT2D eigenvalue weighted by molar-refractivity contribution is 5.24. The number of nitrogens with zero attached hydrogens (tertiary/aromatic N) is 3. The molecule has 0 amide bonds. The molecular weight excluding hydrogens is 216 g/mol. The van der Waals surface area contributed by atoms with E-state index in [1.165, 1.54) is 0 Å². The highest BCUT2D eigenvalue weighted by Gasteiger charge is 2.10. The topological polar surface area (TPSA) is 63.6 Å². The van der Waals surface area contributed by atoms with Crippen molar-refractivity contribution < 1.29 is 0 Å². The van der Waals surface area contributed by atoms with Gasteiger partial charge in [-0.2, -0.15) is 5.10 Å². The van der Waals surface area contributed by atoms with E-state index in [1.54, 1.807) is 11.6 Å². The van der Waals surface area contributed by atoms with Gasteiger partial charge in [0, 0.05) is 11.3 Å². The van der Waals surface area contributed by atoms with Crippen molar-refractivity contribution in [3.05, 3.63) is 39.1 Å². The average molecular weight is 232 g/mol. The summed E-state index contributed by atoms with van der Waals surface area (Å²) in [6.07, 6.45) is 0.738. The summed E-state index contributed by atoms with van der Waals surface area (Å²) in [5, 5.41) is 4.31. The van der Waals surface area contributed by atoms with Gasteiger partial charge in [0.05, 0.1) is 11.4 Å². The summed E-state index contributed by atoms with van der Waals surface area (Å²) in [6.45, 7) is 7.62. The largest absolute Gasteiger partial charge is 0.291 e. The molecule has 1 N–H and O–H groups in total. The molecule has 5 nitrogen and oxygen atoms in total. The zero-order chi connectivity index (χ0) is 12.6. The number of nitrogens with one attached hydrogen (secondary N) is 1. The number of aryl methyl sites for hydroxylation is 3. The Morgan fingerprint density at radius 1 is 1.35 bits per heavy atom. The Morgan fingerprint density at radius 3 is 2.59 bits per heavy atom. The summed E-state index contributed by atoms with van der Waals surface area (Å²) in [5.74, 6) is 0.489. The van der Waals surface area contributed by atoms with Crippen molar-refractivity contribution >= 4 is 0 Å². The molecule has 2 aromatic heterocycles. The van der Waals surface area contributed by atoms with Gasteiger partial charge in [0.1, 0.15) is 0 Å². The molecule has 0 unspecified atom stereocenters. The Labute approximate surface area is 99.5 Å². The molecule has 2 rings (SSSR count). The van der Waals surface area contributed by atoms with E-state index < -0.39 is 0 Å².